The van der Waals surface area contributed by atoms with E-state index in [1.165, 1.54) is 30.4 Å². The number of rotatable bonds is 7. The average Bonchev–Trinajstić information content (AvgIpc) is 2.91. The van der Waals surface area contributed by atoms with Crippen LogP contribution >= 0.6 is 0 Å². The number of fused-ring (bicyclic) bond motifs is 1. The topological polar surface area (TPSA) is 123 Å². The molecule has 1 fully saturated rings. The first-order valence-electron chi connectivity index (χ1n) is 13.8. The van der Waals surface area contributed by atoms with E-state index in [1.807, 2.05) is 27.8 Å². The quantitative estimate of drug-likeness (QED) is 0.258. The van der Waals surface area contributed by atoms with Crippen molar-refractivity contribution < 1.29 is 4.39 Å². The van der Waals surface area contributed by atoms with Gasteiger partial charge in [0.1, 0.15) is 17.3 Å². The van der Waals surface area contributed by atoms with Crippen molar-refractivity contribution in [1.82, 2.24) is 29.8 Å². The van der Waals surface area contributed by atoms with Crippen molar-refractivity contribution in [2.75, 3.05) is 26.7 Å². The summed E-state index contributed by atoms with van der Waals surface area (Å²) in [5, 5.41) is 12.3. The summed E-state index contributed by atoms with van der Waals surface area (Å²) in [6.07, 6.45) is 4.40. The Hall–Kier alpha value is -4.64. The summed E-state index contributed by atoms with van der Waals surface area (Å²) in [7, 11) is 3.36. The first-order chi connectivity index (χ1) is 19.9. The van der Waals surface area contributed by atoms with Gasteiger partial charge in [-0.3, -0.25) is 14.5 Å². The molecule has 0 amide bonds. The lowest BCUT2D eigenvalue weighted by atomic mass is 9.86. The highest BCUT2D eigenvalue weighted by atomic mass is 19.1. The molecular formula is C31H35FN8O2. The van der Waals surface area contributed by atoms with E-state index in [-0.39, 0.29) is 22.3 Å². The molecule has 1 aliphatic heterocycles. The van der Waals surface area contributed by atoms with E-state index in [9.17, 15) is 9.59 Å². The normalized spacial score (nSPS) is 14.7. The van der Waals surface area contributed by atoms with E-state index in [4.69, 9.17) is 5.73 Å². The molecule has 0 saturated carbocycles. The van der Waals surface area contributed by atoms with Gasteiger partial charge in [-0.25, -0.2) is 14.1 Å². The number of nitrogens with zero attached hydrogens (tertiary/aromatic N) is 6. The van der Waals surface area contributed by atoms with Crippen LogP contribution in [0.2, 0.25) is 0 Å². The minimum atomic E-state index is -0.588. The van der Waals surface area contributed by atoms with E-state index < -0.39 is 16.9 Å². The second-order valence-corrected chi connectivity index (χ2v) is 11.5. The van der Waals surface area contributed by atoms with Crippen molar-refractivity contribution in [1.29, 1.82) is 0 Å². The Morgan fingerprint density at radius 2 is 1.90 bits per heavy atom. The number of amidine groups is 1. The SMILES string of the molecule is CN/C(=C\C(N)=Nc1cc(-c2cccc(-n3ncc4cc(C(C)(C)C)cc(F)c4c3=O)c2)nn(C)c1=O)CN1CCC1. The van der Waals surface area contributed by atoms with Crippen LogP contribution < -0.4 is 22.2 Å². The lowest BCUT2D eigenvalue weighted by Crippen LogP contribution is -2.40. The van der Waals surface area contributed by atoms with E-state index in [2.05, 4.69) is 25.4 Å². The van der Waals surface area contributed by atoms with Gasteiger partial charge in [0, 0.05) is 43.4 Å². The number of hydrogen-bond acceptors (Lipinski definition) is 7. The second kappa shape index (κ2) is 11.3. The Morgan fingerprint density at radius 1 is 1.14 bits per heavy atom. The molecule has 1 aliphatic rings. The largest absolute Gasteiger partial charge is 0.390 e. The molecule has 0 atom stereocenters. The highest BCUT2D eigenvalue weighted by Crippen LogP contribution is 2.27. The summed E-state index contributed by atoms with van der Waals surface area (Å²) < 4.78 is 17.5. The van der Waals surface area contributed by atoms with E-state index in [0.29, 0.717) is 22.3 Å². The molecule has 10 nitrogen and oxygen atoms in total. The van der Waals surface area contributed by atoms with E-state index in [0.717, 1.165) is 35.6 Å². The molecule has 0 bridgehead atoms. The van der Waals surface area contributed by atoms with Crippen molar-refractivity contribution in [3.8, 4) is 16.9 Å². The van der Waals surface area contributed by atoms with Crippen molar-refractivity contribution in [2.24, 2.45) is 17.8 Å². The number of nitrogens with two attached hydrogens (primary N) is 1. The fourth-order valence-electron chi connectivity index (χ4n) is 4.79. The summed E-state index contributed by atoms with van der Waals surface area (Å²) in [5.74, 6) is -0.402. The van der Waals surface area contributed by atoms with Gasteiger partial charge in [0.25, 0.3) is 11.1 Å². The minimum Gasteiger partial charge on any atom is -0.390 e. The molecule has 42 heavy (non-hydrogen) atoms. The lowest BCUT2D eigenvalue weighted by molar-refractivity contribution is 0.196. The van der Waals surface area contributed by atoms with Crippen LogP contribution in [-0.4, -0.2) is 57.0 Å². The zero-order chi connectivity index (χ0) is 30.2. The van der Waals surface area contributed by atoms with Crippen molar-refractivity contribution in [3.63, 3.8) is 0 Å². The summed E-state index contributed by atoms with van der Waals surface area (Å²) in [6.45, 7) is 8.75. The predicted octanol–water partition coefficient (Wildman–Crippen LogP) is 3.38. The first-order valence-corrected chi connectivity index (χ1v) is 13.8. The third-order valence-electron chi connectivity index (χ3n) is 7.37. The van der Waals surface area contributed by atoms with Crippen LogP contribution in [0, 0.1) is 5.82 Å². The van der Waals surface area contributed by atoms with E-state index >= 15 is 4.39 Å². The number of halogens is 1. The van der Waals surface area contributed by atoms with Crippen LogP contribution in [-0.2, 0) is 12.5 Å². The third-order valence-corrected chi connectivity index (χ3v) is 7.37. The fraction of sp³-hybridized carbons (Fsp3) is 0.323. The Bertz CT molecular complexity index is 1840. The smallest absolute Gasteiger partial charge is 0.292 e. The molecule has 0 unspecified atom stereocenters. The number of aliphatic imine (C=N–C) groups is 1. The van der Waals surface area contributed by atoms with Crippen LogP contribution in [0.15, 0.2) is 75.0 Å². The highest BCUT2D eigenvalue weighted by Gasteiger charge is 2.19. The predicted molar refractivity (Wildman–Crippen MR) is 164 cm³/mol. The molecule has 4 aromatic rings. The minimum absolute atomic E-state index is 0.0289. The molecule has 218 valence electrons. The van der Waals surface area contributed by atoms with Gasteiger partial charge in [0.15, 0.2) is 0 Å². The molecule has 3 N–H and O–H groups in total. The molecule has 2 aromatic carbocycles. The van der Waals surface area contributed by atoms with Gasteiger partial charge < -0.3 is 11.1 Å². The van der Waals surface area contributed by atoms with Gasteiger partial charge in [0.2, 0.25) is 0 Å². The lowest BCUT2D eigenvalue weighted by Gasteiger charge is -2.31. The number of likely N-dealkylation sites (N-methyl/N-ethyl adjacent to an activating group) is 1. The summed E-state index contributed by atoms with van der Waals surface area (Å²) in [4.78, 5) is 32.9. The van der Waals surface area contributed by atoms with Crippen molar-refractivity contribution >= 4 is 22.3 Å². The maximum absolute atomic E-state index is 15.2. The number of benzene rings is 2. The zero-order valence-electron chi connectivity index (χ0n) is 24.5. The van der Waals surface area contributed by atoms with Crippen LogP contribution in [0.3, 0.4) is 0 Å². The summed E-state index contributed by atoms with van der Waals surface area (Å²) >= 11 is 0. The van der Waals surface area contributed by atoms with Crippen LogP contribution in [0.5, 0.6) is 0 Å². The molecule has 11 heteroatoms. The molecule has 0 spiro atoms. The van der Waals surface area contributed by atoms with E-state index in [1.54, 1.807) is 42.5 Å². The number of aryl methyl sites for hydroxylation is 1. The third kappa shape index (κ3) is 5.87. The Morgan fingerprint density at radius 3 is 2.57 bits per heavy atom. The molecule has 5 rings (SSSR count). The summed E-state index contributed by atoms with van der Waals surface area (Å²) in [5.41, 5.74) is 8.22. The Kier molecular flexibility index (Phi) is 7.79. The highest BCUT2D eigenvalue weighted by molar-refractivity contribution is 5.94. The molecule has 0 radical (unpaired) electrons. The fourth-order valence-corrected chi connectivity index (χ4v) is 4.79. The van der Waals surface area contributed by atoms with Crippen LogP contribution in [0.4, 0.5) is 10.1 Å². The van der Waals surface area contributed by atoms with Gasteiger partial charge in [-0.15, -0.1) is 0 Å². The van der Waals surface area contributed by atoms with Crippen molar-refractivity contribution in [3.05, 3.63) is 92.5 Å². The molecular weight excluding hydrogens is 535 g/mol. The first kappa shape index (κ1) is 28.9. The maximum atomic E-state index is 15.2. The van der Waals surface area contributed by atoms with Crippen LogP contribution in [0.25, 0.3) is 27.7 Å². The number of aromatic nitrogens is 4. The molecule has 1 saturated heterocycles. The zero-order valence-corrected chi connectivity index (χ0v) is 24.5. The monoisotopic (exact) mass is 570 g/mol. The van der Waals surface area contributed by atoms with Gasteiger partial charge in [-0.1, -0.05) is 32.9 Å². The molecule has 3 heterocycles. The number of hydrogen-bond donors (Lipinski definition) is 2. The Balaban J connectivity index is 1.52. The van der Waals surface area contributed by atoms with Crippen LogP contribution in [0.1, 0.15) is 32.8 Å². The van der Waals surface area contributed by atoms with Gasteiger partial charge in [-0.2, -0.15) is 14.9 Å². The number of nitrogens with one attached hydrogen (secondary N) is 1. The maximum Gasteiger partial charge on any atom is 0.292 e. The van der Waals surface area contributed by atoms with Gasteiger partial charge >= 0.3 is 0 Å². The number of likely N-dealkylation sites (tertiary alicyclic amines) is 1. The standard InChI is InChI=1S/C31H35FN8O2/c1-31(2,3)21-12-20-17-35-40(30(42)28(20)24(32)14-21)23-9-6-8-19(13-23)25-16-26(29(41)38(5)37-25)36-27(33)15-22(34-4)18-39-10-7-11-39/h6,8-9,12-17,34H,7,10-11,18H2,1-5H3,(H2,33,36)/b22-15-. The van der Waals surface area contributed by atoms with Gasteiger partial charge in [0.05, 0.1) is 23.0 Å². The Labute approximate surface area is 243 Å². The molecule has 0 aliphatic carbocycles. The average molecular weight is 571 g/mol. The van der Waals surface area contributed by atoms with Crippen molar-refractivity contribution in [2.45, 2.75) is 32.6 Å². The second-order valence-electron chi connectivity index (χ2n) is 11.5. The summed E-state index contributed by atoms with van der Waals surface area (Å²) in [6, 6.07) is 11.7. The van der Waals surface area contributed by atoms with Gasteiger partial charge in [-0.05, 0) is 60.8 Å². The molecule has 2 aromatic heterocycles.